The van der Waals surface area contributed by atoms with Crippen molar-refractivity contribution < 1.29 is 5.11 Å². The summed E-state index contributed by atoms with van der Waals surface area (Å²) in [6.07, 6.45) is 5.77. The summed E-state index contributed by atoms with van der Waals surface area (Å²) >= 11 is 1.81. The Balaban J connectivity index is 2.03. The van der Waals surface area contributed by atoms with Crippen LogP contribution in [-0.4, -0.2) is 29.8 Å². The van der Waals surface area contributed by atoms with E-state index in [-0.39, 0.29) is 6.61 Å². The average Bonchev–Trinajstić information content (AvgIpc) is 2.69. The van der Waals surface area contributed by atoms with Crippen molar-refractivity contribution in [2.45, 2.75) is 39.0 Å². The normalized spacial score (nSPS) is 16.8. The van der Waals surface area contributed by atoms with Gasteiger partial charge in [0.15, 0.2) is 5.13 Å². The van der Waals surface area contributed by atoms with Crippen LogP contribution >= 0.6 is 11.3 Å². The fraction of sp³-hybridized carbons (Fsp3) is 0.750. The van der Waals surface area contributed by atoms with Crippen molar-refractivity contribution in [1.29, 1.82) is 0 Å². The number of hydrogen-bond acceptors (Lipinski definition) is 4. The van der Waals surface area contributed by atoms with Crippen LogP contribution in [0.25, 0.3) is 0 Å². The van der Waals surface area contributed by atoms with E-state index in [9.17, 15) is 0 Å². The summed E-state index contributed by atoms with van der Waals surface area (Å²) in [6, 6.07) is 0. The Morgan fingerprint density at radius 3 is 2.75 bits per heavy atom. The molecule has 1 aliphatic rings. The number of anilines is 1. The van der Waals surface area contributed by atoms with E-state index in [4.69, 9.17) is 5.11 Å². The molecule has 2 rings (SSSR count). The van der Waals surface area contributed by atoms with Crippen molar-refractivity contribution in [3.63, 3.8) is 0 Å². The maximum Gasteiger partial charge on any atom is 0.185 e. The first kappa shape index (κ1) is 11.9. The second kappa shape index (κ2) is 5.64. The van der Waals surface area contributed by atoms with Gasteiger partial charge in [0, 0.05) is 24.6 Å². The van der Waals surface area contributed by atoms with Crippen LogP contribution in [0.5, 0.6) is 0 Å². The number of piperidine rings is 1. The van der Waals surface area contributed by atoms with Gasteiger partial charge in [-0.25, -0.2) is 4.98 Å². The predicted molar refractivity (Wildman–Crippen MR) is 68.3 cm³/mol. The summed E-state index contributed by atoms with van der Waals surface area (Å²) in [4.78, 5) is 8.40. The summed E-state index contributed by atoms with van der Waals surface area (Å²) in [6.45, 7) is 4.67. The number of rotatable bonds is 4. The highest BCUT2D eigenvalue weighted by atomic mass is 32.1. The van der Waals surface area contributed by atoms with Crippen molar-refractivity contribution in [2.24, 2.45) is 0 Å². The maximum absolute atomic E-state index is 8.85. The minimum atomic E-state index is 0.274. The molecular weight excluding hydrogens is 220 g/mol. The number of aromatic nitrogens is 1. The fourth-order valence-corrected chi connectivity index (χ4v) is 3.26. The molecule has 0 radical (unpaired) electrons. The topological polar surface area (TPSA) is 36.4 Å². The molecule has 1 aromatic heterocycles. The molecule has 4 heteroatoms. The van der Waals surface area contributed by atoms with E-state index in [1.54, 1.807) is 0 Å². The minimum Gasteiger partial charge on any atom is -0.396 e. The number of aryl methyl sites for hydroxylation is 2. The molecule has 90 valence electrons. The highest BCUT2D eigenvalue weighted by Gasteiger charge is 2.16. The van der Waals surface area contributed by atoms with Gasteiger partial charge in [0.25, 0.3) is 0 Å². The largest absolute Gasteiger partial charge is 0.396 e. The van der Waals surface area contributed by atoms with Gasteiger partial charge in [0.2, 0.25) is 0 Å². The fourth-order valence-electron chi connectivity index (χ4n) is 2.10. The lowest BCUT2D eigenvalue weighted by Crippen LogP contribution is -2.29. The van der Waals surface area contributed by atoms with Crippen LogP contribution in [0.1, 0.15) is 36.3 Å². The SMILES string of the molecule is Cc1nc(N2CCCCC2)sc1CCCO. The zero-order valence-electron chi connectivity index (χ0n) is 9.91. The standard InChI is InChI=1S/C12H20N2OS/c1-10-11(6-5-9-15)16-12(13-10)14-7-3-2-4-8-14/h15H,2-9H2,1H3. The van der Waals surface area contributed by atoms with Gasteiger partial charge in [-0.15, -0.1) is 11.3 Å². The lowest BCUT2D eigenvalue weighted by atomic mass is 10.1. The molecule has 1 saturated heterocycles. The molecule has 0 amide bonds. The van der Waals surface area contributed by atoms with Crippen molar-refractivity contribution in [2.75, 3.05) is 24.6 Å². The highest BCUT2D eigenvalue weighted by molar-refractivity contribution is 7.15. The number of aliphatic hydroxyl groups excluding tert-OH is 1. The Labute approximate surface area is 101 Å². The van der Waals surface area contributed by atoms with Crippen molar-refractivity contribution in [3.05, 3.63) is 10.6 Å². The van der Waals surface area contributed by atoms with E-state index in [1.807, 2.05) is 11.3 Å². The molecule has 1 aromatic rings. The zero-order chi connectivity index (χ0) is 11.4. The van der Waals surface area contributed by atoms with Crippen LogP contribution in [0.3, 0.4) is 0 Å². The van der Waals surface area contributed by atoms with E-state index in [1.165, 1.54) is 29.3 Å². The average molecular weight is 240 g/mol. The highest BCUT2D eigenvalue weighted by Crippen LogP contribution is 2.28. The van der Waals surface area contributed by atoms with Gasteiger partial charge >= 0.3 is 0 Å². The molecule has 2 heterocycles. The Morgan fingerprint density at radius 2 is 2.06 bits per heavy atom. The van der Waals surface area contributed by atoms with Gasteiger partial charge in [-0.05, 0) is 39.0 Å². The van der Waals surface area contributed by atoms with Gasteiger partial charge in [-0.3, -0.25) is 0 Å². The summed E-state index contributed by atoms with van der Waals surface area (Å²) in [5.41, 5.74) is 1.15. The molecule has 0 atom stereocenters. The molecule has 0 bridgehead atoms. The quantitative estimate of drug-likeness (QED) is 0.877. The van der Waals surface area contributed by atoms with E-state index < -0.39 is 0 Å². The van der Waals surface area contributed by atoms with E-state index >= 15 is 0 Å². The smallest absolute Gasteiger partial charge is 0.185 e. The molecule has 1 N–H and O–H groups in total. The number of nitrogens with zero attached hydrogens (tertiary/aromatic N) is 2. The first-order valence-electron chi connectivity index (χ1n) is 6.13. The molecule has 0 saturated carbocycles. The van der Waals surface area contributed by atoms with Gasteiger partial charge < -0.3 is 10.0 Å². The second-order valence-electron chi connectivity index (χ2n) is 4.38. The number of aliphatic hydroxyl groups is 1. The lowest BCUT2D eigenvalue weighted by Gasteiger charge is -2.25. The molecule has 0 aliphatic carbocycles. The monoisotopic (exact) mass is 240 g/mol. The number of thiazole rings is 1. The van der Waals surface area contributed by atoms with Crippen LogP contribution in [0.2, 0.25) is 0 Å². The van der Waals surface area contributed by atoms with E-state index in [0.717, 1.165) is 31.6 Å². The second-order valence-corrected chi connectivity index (χ2v) is 5.44. The predicted octanol–water partition coefficient (Wildman–Crippen LogP) is 2.37. The minimum absolute atomic E-state index is 0.274. The van der Waals surface area contributed by atoms with Gasteiger partial charge in [-0.1, -0.05) is 0 Å². The molecule has 1 fully saturated rings. The van der Waals surface area contributed by atoms with Crippen molar-refractivity contribution in [1.82, 2.24) is 4.98 Å². The van der Waals surface area contributed by atoms with Gasteiger partial charge in [0.05, 0.1) is 5.69 Å². The van der Waals surface area contributed by atoms with Crippen molar-refractivity contribution >= 4 is 16.5 Å². The molecule has 0 unspecified atom stereocenters. The third-order valence-electron chi connectivity index (χ3n) is 3.07. The van der Waals surface area contributed by atoms with E-state index in [0.29, 0.717) is 0 Å². The third-order valence-corrected chi connectivity index (χ3v) is 4.35. The third kappa shape index (κ3) is 2.74. The van der Waals surface area contributed by atoms with Crippen LogP contribution in [0.15, 0.2) is 0 Å². The summed E-state index contributed by atoms with van der Waals surface area (Å²) in [5.74, 6) is 0. The number of hydrogen-bond donors (Lipinski definition) is 1. The molecule has 16 heavy (non-hydrogen) atoms. The van der Waals surface area contributed by atoms with Crippen molar-refractivity contribution in [3.8, 4) is 0 Å². The molecular formula is C12H20N2OS. The Hall–Kier alpha value is -0.610. The Morgan fingerprint density at radius 1 is 1.31 bits per heavy atom. The van der Waals surface area contributed by atoms with Crippen LogP contribution in [0, 0.1) is 6.92 Å². The Bertz CT molecular complexity index is 332. The van der Waals surface area contributed by atoms with Crippen LogP contribution in [-0.2, 0) is 6.42 Å². The van der Waals surface area contributed by atoms with Crippen LogP contribution < -0.4 is 4.90 Å². The molecule has 3 nitrogen and oxygen atoms in total. The maximum atomic E-state index is 8.85. The van der Waals surface area contributed by atoms with Gasteiger partial charge in [0.1, 0.15) is 0 Å². The summed E-state index contributed by atoms with van der Waals surface area (Å²) in [5, 5.41) is 10.0. The van der Waals surface area contributed by atoms with E-state index in [2.05, 4.69) is 16.8 Å². The summed E-state index contributed by atoms with van der Waals surface area (Å²) < 4.78 is 0. The first-order chi connectivity index (χ1) is 7.81. The zero-order valence-corrected chi connectivity index (χ0v) is 10.7. The molecule has 1 aliphatic heterocycles. The first-order valence-corrected chi connectivity index (χ1v) is 6.95. The molecule has 0 spiro atoms. The summed E-state index contributed by atoms with van der Waals surface area (Å²) in [7, 11) is 0. The lowest BCUT2D eigenvalue weighted by molar-refractivity contribution is 0.289. The van der Waals surface area contributed by atoms with Gasteiger partial charge in [-0.2, -0.15) is 0 Å². The van der Waals surface area contributed by atoms with Crippen LogP contribution in [0.4, 0.5) is 5.13 Å². The molecule has 0 aromatic carbocycles. The Kier molecular flexibility index (Phi) is 4.18.